The molecule has 0 atom stereocenters. The Balaban J connectivity index is 2.79. The van der Waals surface area contributed by atoms with Gasteiger partial charge in [0.05, 0.1) is 30.0 Å². The van der Waals surface area contributed by atoms with Crippen molar-refractivity contribution in [3.63, 3.8) is 0 Å². The number of anilines is 1. The summed E-state index contributed by atoms with van der Waals surface area (Å²) in [5.74, 6) is -3.40. The molecule has 0 bridgehead atoms. The summed E-state index contributed by atoms with van der Waals surface area (Å²) in [5.41, 5.74) is -2.42. The summed E-state index contributed by atoms with van der Waals surface area (Å²) in [5, 5.41) is 0. The van der Waals surface area contributed by atoms with E-state index in [0.717, 1.165) is 25.2 Å². The summed E-state index contributed by atoms with van der Waals surface area (Å²) in [4.78, 5) is 25.3. The van der Waals surface area contributed by atoms with E-state index in [9.17, 15) is 27.2 Å². The van der Waals surface area contributed by atoms with Crippen molar-refractivity contribution in [3.05, 3.63) is 63.7 Å². The molecule has 1 aromatic rings. The van der Waals surface area contributed by atoms with E-state index >= 15 is 0 Å². The number of allylic oxidation sites excluding steroid dienone is 2. The molecule has 27 heavy (non-hydrogen) atoms. The first-order chi connectivity index (χ1) is 12.6. The maximum atomic E-state index is 13.8. The van der Waals surface area contributed by atoms with Crippen LogP contribution in [0.2, 0.25) is 0 Å². The second-order valence-corrected chi connectivity index (χ2v) is 5.86. The Morgan fingerprint density at radius 2 is 1.70 bits per heavy atom. The fourth-order valence-electron chi connectivity index (χ4n) is 2.34. The third-order valence-corrected chi connectivity index (χ3v) is 4.31. The fraction of sp³-hybridized carbons (Fsp3) is 0.176. The number of benzene rings is 1. The minimum Gasteiger partial charge on any atom is -0.465 e. The predicted octanol–water partition coefficient (Wildman–Crippen LogP) is 4.10. The predicted molar refractivity (Wildman–Crippen MR) is 90.9 cm³/mol. The third-order valence-electron chi connectivity index (χ3n) is 3.50. The van der Waals surface area contributed by atoms with Gasteiger partial charge < -0.3 is 14.4 Å². The van der Waals surface area contributed by atoms with Crippen molar-refractivity contribution in [2.75, 3.05) is 19.1 Å². The van der Waals surface area contributed by atoms with Crippen molar-refractivity contribution in [2.45, 2.75) is 6.18 Å². The first-order valence-corrected chi connectivity index (χ1v) is 8.03. The highest BCUT2D eigenvalue weighted by Crippen LogP contribution is 2.43. The molecule has 0 radical (unpaired) electrons. The standard InChI is InChI=1S/C17H12BrF4NO4/c1-26-15(24)9-5-3-4-8-23(14(9)16(25)27-2)11-7-6-10(19)12(13(11)18)17(20,21)22/h3-8H,1-2H3. The SMILES string of the molecule is COC(=O)C1=C(C(=O)OC)N(c2ccc(F)c(C(F)(F)F)c2Br)C=CC=C1. The number of hydrogen-bond donors (Lipinski definition) is 0. The van der Waals surface area contributed by atoms with Gasteiger partial charge in [0.25, 0.3) is 0 Å². The normalized spacial score (nSPS) is 14.3. The van der Waals surface area contributed by atoms with Gasteiger partial charge in [0.1, 0.15) is 17.1 Å². The highest BCUT2D eigenvalue weighted by atomic mass is 79.9. The van der Waals surface area contributed by atoms with Gasteiger partial charge in [0.15, 0.2) is 0 Å². The third kappa shape index (κ3) is 4.05. The first-order valence-electron chi connectivity index (χ1n) is 7.23. The van der Waals surface area contributed by atoms with Gasteiger partial charge in [0, 0.05) is 6.20 Å². The Hall–Kier alpha value is -2.62. The number of methoxy groups -OCH3 is 2. The molecular formula is C17H12BrF4NO4. The summed E-state index contributed by atoms with van der Waals surface area (Å²) in [6.07, 6.45) is 0.250. The second kappa shape index (κ2) is 7.95. The molecule has 0 N–H and O–H groups in total. The van der Waals surface area contributed by atoms with Gasteiger partial charge in [-0.2, -0.15) is 13.2 Å². The van der Waals surface area contributed by atoms with E-state index in [2.05, 4.69) is 25.4 Å². The van der Waals surface area contributed by atoms with Crippen LogP contribution < -0.4 is 4.90 Å². The van der Waals surface area contributed by atoms with Crippen LogP contribution in [0.25, 0.3) is 0 Å². The Kier molecular flexibility index (Phi) is 6.09. The fourth-order valence-corrected chi connectivity index (χ4v) is 3.08. The number of hydrogen-bond acceptors (Lipinski definition) is 5. The molecule has 0 saturated heterocycles. The van der Waals surface area contributed by atoms with Gasteiger partial charge in [0.2, 0.25) is 0 Å². The van der Waals surface area contributed by atoms with Crippen LogP contribution in [0, 0.1) is 5.82 Å². The molecule has 0 aromatic heterocycles. The summed E-state index contributed by atoms with van der Waals surface area (Å²) in [7, 11) is 2.12. The molecule has 0 unspecified atom stereocenters. The Morgan fingerprint density at radius 3 is 2.26 bits per heavy atom. The number of nitrogens with zero attached hydrogens (tertiary/aromatic N) is 1. The van der Waals surface area contributed by atoms with E-state index in [1.807, 2.05) is 0 Å². The molecule has 5 nitrogen and oxygen atoms in total. The number of ether oxygens (including phenoxy) is 2. The van der Waals surface area contributed by atoms with Crippen LogP contribution in [0.15, 0.2) is 52.3 Å². The molecule has 1 aliphatic heterocycles. The topological polar surface area (TPSA) is 55.8 Å². The lowest BCUT2D eigenvalue weighted by molar-refractivity contribution is -0.140. The van der Waals surface area contributed by atoms with E-state index in [1.165, 1.54) is 24.4 Å². The quantitative estimate of drug-likeness (QED) is 0.513. The van der Waals surface area contributed by atoms with Crippen LogP contribution >= 0.6 is 15.9 Å². The van der Waals surface area contributed by atoms with Crippen molar-refractivity contribution in [3.8, 4) is 0 Å². The average molecular weight is 450 g/mol. The second-order valence-electron chi connectivity index (χ2n) is 5.07. The monoisotopic (exact) mass is 449 g/mol. The van der Waals surface area contributed by atoms with Crippen molar-refractivity contribution in [1.82, 2.24) is 0 Å². The number of alkyl halides is 3. The number of carbonyl (C=O) groups is 2. The van der Waals surface area contributed by atoms with Crippen LogP contribution in [0.3, 0.4) is 0 Å². The van der Waals surface area contributed by atoms with Gasteiger partial charge in [-0.3, -0.25) is 0 Å². The maximum Gasteiger partial charge on any atom is 0.420 e. The molecular weight excluding hydrogens is 438 g/mol. The lowest BCUT2D eigenvalue weighted by Gasteiger charge is -2.25. The summed E-state index contributed by atoms with van der Waals surface area (Å²) >= 11 is 2.75. The van der Waals surface area contributed by atoms with Crippen molar-refractivity contribution < 1.29 is 36.6 Å². The molecule has 1 aromatic carbocycles. The highest BCUT2D eigenvalue weighted by Gasteiger charge is 2.39. The van der Waals surface area contributed by atoms with Crippen LogP contribution in [-0.4, -0.2) is 26.2 Å². The van der Waals surface area contributed by atoms with Crippen molar-refractivity contribution in [1.29, 1.82) is 0 Å². The van der Waals surface area contributed by atoms with Gasteiger partial charge in [-0.15, -0.1) is 0 Å². The van der Waals surface area contributed by atoms with E-state index in [-0.39, 0.29) is 11.3 Å². The Morgan fingerprint density at radius 1 is 1.07 bits per heavy atom. The minimum absolute atomic E-state index is 0.231. The average Bonchev–Trinajstić information content (AvgIpc) is 2.82. The smallest absolute Gasteiger partial charge is 0.420 e. The van der Waals surface area contributed by atoms with Gasteiger partial charge in [-0.25, -0.2) is 14.0 Å². The van der Waals surface area contributed by atoms with Crippen LogP contribution in [0.5, 0.6) is 0 Å². The number of esters is 2. The van der Waals surface area contributed by atoms with Crippen LogP contribution in [0.1, 0.15) is 5.56 Å². The molecule has 1 aliphatic rings. The van der Waals surface area contributed by atoms with E-state index < -0.39 is 39.7 Å². The minimum atomic E-state index is -4.99. The zero-order chi connectivity index (χ0) is 20.4. The largest absolute Gasteiger partial charge is 0.465 e. The van der Waals surface area contributed by atoms with E-state index in [4.69, 9.17) is 0 Å². The lowest BCUT2D eigenvalue weighted by Crippen LogP contribution is -2.27. The van der Waals surface area contributed by atoms with Crippen molar-refractivity contribution in [2.24, 2.45) is 0 Å². The zero-order valence-corrected chi connectivity index (χ0v) is 15.5. The molecule has 0 spiro atoms. The van der Waals surface area contributed by atoms with E-state index in [0.29, 0.717) is 6.07 Å². The van der Waals surface area contributed by atoms with E-state index in [1.54, 1.807) is 0 Å². The number of rotatable bonds is 3. The first kappa shape index (κ1) is 20.7. The molecule has 144 valence electrons. The molecule has 0 fully saturated rings. The molecule has 1 heterocycles. The van der Waals surface area contributed by atoms with Crippen molar-refractivity contribution >= 4 is 33.6 Å². The maximum absolute atomic E-state index is 13.8. The summed E-state index contributed by atoms with van der Waals surface area (Å²) in [6, 6.07) is 1.64. The van der Waals surface area contributed by atoms with Gasteiger partial charge in [-0.05, 0) is 40.2 Å². The summed E-state index contributed by atoms with van der Waals surface area (Å²) in [6.45, 7) is 0. The number of carbonyl (C=O) groups excluding carboxylic acids is 2. The molecule has 0 aliphatic carbocycles. The lowest BCUT2D eigenvalue weighted by atomic mass is 10.1. The molecule has 0 saturated carbocycles. The van der Waals surface area contributed by atoms with Gasteiger partial charge in [-0.1, -0.05) is 6.08 Å². The Bertz CT molecular complexity index is 874. The molecule has 2 rings (SSSR count). The zero-order valence-electron chi connectivity index (χ0n) is 13.9. The molecule has 0 amide bonds. The Labute approximate surface area is 159 Å². The van der Waals surface area contributed by atoms with Gasteiger partial charge >= 0.3 is 18.1 Å². The summed E-state index contributed by atoms with van der Waals surface area (Å²) < 4.78 is 62.1. The number of halogens is 5. The van der Waals surface area contributed by atoms with Crippen LogP contribution in [-0.2, 0) is 25.2 Å². The van der Waals surface area contributed by atoms with Crippen LogP contribution in [0.4, 0.5) is 23.2 Å². The highest BCUT2D eigenvalue weighted by molar-refractivity contribution is 9.10. The molecule has 10 heteroatoms.